The quantitative estimate of drug-likeness (QED) is 0.101. The van der Waals surface area contributed by atoms with Crippen LogP contribution in [0, 0.1) is 17.0 Å². The van der Waals surface area contributed by atoms with Gasteiger partial charge in [0, 0.05) is 16.8 Å². The zero-order valence-corrected chi connectivity index (χ0v) is 23.4. The van der Waals surface area contributed by atoms with Gasteiger partial charge < -0.3 is 10.6 Å². The van der Waals surface area contributed by atoms with Crippen molar-refractivity contribution in [1.29, 1.82) is 0 Å². The molecule has 1 aliphatic rings. The first kappa shape index (κ1) is 27.4. The zero-order chi connectivity index (χ0) is 28.2. The lowest BCUT2D eigenvalue weighted by Crippen LogP contribution is -2.19. The van der Waals surface area contributed by atoms with E-state index in [0.717, 1.165) is 39.9 Å². The van der Waals surface area contributed by atoms with Gasteiger partial charge in [-0.1, -0.05) is 54.1 Å². The monoisotopic (exact) mass is 588 g/mol. The molecular formula is C29H21ClN4O4S2. The van der Waals surface area contributed by atoms with E-state index in [1.807, 2.05) is 49.4 Å². The predicted octanol–water partition coefficient (Wildman–Crippen LogP) is 7.33. The van der Waals surface area contributed by atoms with E-state index in [4.69, 9.17) is 11.6 Å². The topological polar surface area (TPSA) is 114 Å². The number of rotatable bonds is 7. The first-order valence-electron chi connectivity index (χ1n) is 12.0. The number of hydrogen-bond acceptors (Lipinski definition) is 7. The van der Waals surface area contributed by atoms with E-state index in [1.54, 1.807) is 36.4 Å². The van der Waals surface area contributed by atoms with Crippen molar-refractivity contribution in [3.8, 4) is 0 Å². The van der Waals surface area contributed by atoms with Crippen molar-refractivity contribution in [2.45, 2.75) is 11.8 Å². The Morgan fingerprint density at radius 2 is 1.90 bits per heavy atom. The summed E-state index contributed by atoms with van der Waals surface area (Å²) >= 11 is 8.37. The molecule has 0 radical (unpaired) electrons. The average Bonchev–Trinajstić information content (AvgIpc) is 3.28. The van der Waals surface area contributed by atoms with Crippen molar-refractivity contribution in [3.63, 3.8) is 0 Å². The Morgan fingerprint density at radius 1 is 1.10 bits per heavy atom. The Labute approximate surface area is 243 Å². The third-order valence-electron chi connectivity index (χ3n) is 5.98. The highest BCUT2D eigenvalue weighted by Crippen LogP contribution is 2.34. The number of fused-ring (bicyclic) bond motifs is 1. The number of thioether (sulfide) groups is 2. The van der Waals surface area contributed by atoms with Crippen LogP contribution in [0.15, 0.2) is 93.7 Å². The molecule has 0 spiro atoms. The van der Waals surface area contributed by atoms with Crippen LogP contribution in [0.5, 0.6) is 0 Å². The van der Waals surface area contributed by atoms with E-state index in [0.29, 0.717) is 36.9 Å². The van der Waals surface area contributed by atoms with Crippen LogP contribution >= 0.6 is 35.1 Å². The molecule has 0 aliphatic carbocycles. The molecule has 0 atom stereocenters. The molecular weight excluding hydrogens is 568 g/mol. The zero-order valence-electron chi connectivity index (χ0n) is 21.0. The number of amides is 2. The molecule has 0 bridgehead atoms. The molecule has 40 heavy (non-hydrogen) atoms. The van der Waals surface area contributed by atoms with Gasteiger partial charge in [0.2, 0.25) is 5.91 Å². The van der Waals surface area contributed by atoms with Crippen molar-refractivity contribution < 1.29 is 14.5 Å². The summed E-state index contributed by atoms with van der Waals surface area (Å²) in [7, 11) is 0. The van der Waals surface area contributed by atoms with Crippen LogP contribution in [-0.2, 0) is 9.59 Å². The average molecular weight is 589 g/mol. The number of nitrogens with zero attached hydrogens (tertiary/aromatic N) is 2. The van der Waals surface area contributed by atoms with Gasteiger partial charge in [-0.2, -0.15) is 0 Å². The second kappa shape index (κ2) is 12.0. The molecule has 0 saturated carbocycles. The highest BCUT2D eigenvalue weighted by molar-refractivity contribution is 8.18. The van der Waals surface area contributed by atoms with Crippen LogP contribution in [0.4, 0.5) is 17.1 Å². The number of nitrogens with one attached hydrogen (secondary N) is 2. The molecule has 1 aliphatic heterocycles. The fourth-order valence-electron chi connectivity index (χ4n) is 3.95. The molecule has 5 rings (SSSR count). The number of amidine groups is 1. The van der Waals surface area contributed by atoms with Gasteiger partial charge in [0.1, 0.15) is 0 Å². The van der Waals surface area contributed by atoms with Crippen molar-refractivity contribution in [1.82, 2.24) is 5.32 Å². The summed E-state index contributed by atoms with van der Waals surface area (Å²) in [5.41, 5.74) is 2.41. The van der Waals surface area contributed by atoms with Gasteiger partial charge in [-0.25, -0.2) is 4.99 Å². The maximum atomic E-state index is 12.6. The summed E-state index contributed by atoms with van der Waals surface area (Å²) in [5, 5.41) is 20.4. The molecule has 1 heterocycles. The molecule has 1 fully saturated rings. The van der Waals surface area contributed by atoms with E-state index in [-0.39, 0.29) is 23.3 Å². The lowest BCUT2D eigenvalue weighted by Gasteiger charge is -2.07. The number of carbonyl (C=O) groups excluding carboxylic acids is 2. The lowest BCUT2D eigenvalue weighted by molar-refractivity contribution is -0.387. The SMILES string of the molecule is Cc1c(Cl)cccc1N=C1NC(=O)/C(=C/c2ccc(SCC(=O)Nc3ccc4ccccc4c3)c([N+](=O)[O-])c2)S1. The van der Waals surface area contributed by atoms with Gasteiger partial charge in [0.05, 0.1) is 26.2 Å². The summed E-state index contributed by atoms with van der Waals surface area (Å²) in [4.78, 5) is 41.6. The van der Waals surface area contributed by atoms with Crippen LogP contribution in [0.25, 0.3) is 16.8 Å². The highest BCUT2D eigenvalue weighted by atomic mass is 35.5. The molecule has 0 unspecified atom stereocenters. The molecule has 4 aromatic carbocycles. The Kier molecular flexibility index (Phi) is 8.20. The Balaban J connectivity index is 1.27. The number of anilines is 1. The normalized spacial score (nSPS) is 15.0. The Hall–Kier alpha value is -4.12. The maximum absolute atomic E-state index is 12.6. The molecule has 11 heteroatoms. The van der Waals surface area contributed by atoms with Gasteiger partial charge in [-0.05, 0) is 77.0 Å². The van der Waals surface area contributed by atoms with Crippen molar-refractivity contribution in [2.24, 2.45) is 4.99 Å². The van der Waals surface area contributed by atoms with E-state index in [1.165, 1.54) is 6.07 Å². The Morgan fingerprint density at radius 3 is 2.70 bits per heavy atom. The number of carbonyl (C=O) groups is 2. The third-order valence-corrected chi connectivity index (χ3v) is 8.36. The van der Waals surface area contributed by atoms with E-state index >= 15 is 0 Å². The summed E-state index contributed by atoms with van der Waals surface area (Å²) in [6.07, 6.45) is 1.57. The molecule has 2 amide bonds. The first-order valence-corrected chi connectivity index (χ1v) is 14.2. The summed E-state index contributed by atoms with van der Waals surface area (Å²) in [6.45, 7) is 1.84. The van der Waals surface area contributed by atoms with Crippen LogP contribution < -0.4 is 10.6 Å². The van der Waals surface area contributed by atoms with E-state index in [2.05, 4.69) is 15.6 Å². The molecule has 4 aromatic rings. The highest BCUT2D eigenvalue weighted by Gasteiger charge is 2.25. The number of benzene rings is 4. The van der Waals surface area contributed by atoms with Crippen LogP contribution in [0.1, 0.15) is 11.1 Å². The summed E-state index contributed by atoms with van der Waals surface area (Å²) in [5.74, 6) is -0.633. The number of nitro benzene ring substituents is 1. The number of halogens is 1. The predicted molar refractivity (Wildman–Crippen MR) is 163 cm³/mol. The van der Waals surface area contributed by atoms with Gasteiger partial charge in [0.15, 0.2) is 5.17 Å². The number of nitro groups is 1. The van der Waals surface area contributed by atoms with E-state index < -0.39 is 4.92 Å². The van der Waals surface area contributed by atoms with E-state index in [9.17, 15) is 19.7 Å². The molecule has 1 saturated heterocycles. The Bertz CT molecular complexity index is 1740. The van der Waals surface area contributed by atoms with Gasteiger partial charge in [-0.3, -0.25) is 19.7 Å². The second-order valence-corrected chi connectivity index (χ2v) is 11.2. The minimum atomic E-state index is -0.498. The number of aliphatic imine (C=N–C) groups is 1. The van der Waals surface area contributed by atoms with Crippen LogP contribution in [-0.4, -0.2) is 27.7 Å². The van der Waals surface area contributed by atoms with Crippen LogP contribution in [0.2, 0.25) is 5.02 Å². The fourth-order valence-corrected chi connectivity index (χ4v) is 5.76. The van der Waals surface area contributed by atoms with Crippen LogP contribution in [0.3, 0.4) is 0 Å². The van der Waals surface area contributed by atoms with Crippen molar-refractivity contribution in [3.05, 3.63) is 110 Å². The standard InChI is InChI=1S/C29H21ClN4O4S2/c1-17-22(30)7-4-8-23(17)32-29-33-28(36)26(40-29)14-18-9-12-25(24(13-18)34(37)38)39-16-27(35)31-21-11-10-19-5-2-3-6-20(19)15-21/h2-15H,16H2,1H3,(H,31,35)(H,32,33,36)/b26-14-. The maximum Gasteiger partial charge on any atom is 0.283 e. The largest absolute Gasteiger partial charge is 0.325 e. The first-order chi connectivity index (χ1) is 19.3. The molecule has 0 aromatic heterocycles. The smallest absolute Gasteiger partial charge is 0.283 e. The van der Waals surface area contributed by atoms with Gasteiger partial charge in [0.25, 0.3) is 11.6 Å². The molecule has 8 nitrogen and oxygen atoms in total. The number of hydrogen-bond donors (Lipinski definition) is 2. The van der Waals surface area contributed by atoms with Gasteiger partial charge in [-0.15, -0.1) is 11.8 Å². The second-order valence-electron chi connectivity index (χ2n) is 8.75. The third kappa shape index (κ3) is 6.36. The van der Waals surface area contributed by atoms with Crippen molar-refractivity contribution >= 4 is 86.0 Å². The molecule has 2 N–H and O–H groups in total. The summed E-state index contributed by atoms with van der Waals surface area (Å²) < 4.78 is 0. The minimum Gasteiger partial charge on any atom is -0.325 e. The summed E-state index contributed by atoms with van der Waals surface area (Å²) in [6, 6.07) is 23.4. The minimum absolute atomic E-state index is 0.00486. The molecule has 200 valence electrons. The van der Waals surface area contributed by atoms with Gasteiger partial charge >= 0.3 is 0 Å². The lowest BCUT2D eigenvalue weighted by atomic mass is 10.1. The van der Waals surface area contributed by atoms with Crippen molar-refractivity contribution in [2.75, 3.05) is 11.1 Å². The fraction of sp³-hybridized carbons (Fsp3) is 0.0690.